The van der Waals surface area contributed by atoms with Gasteiger partial charge >= 0.3 is 0 Å². The molecule has 2 heterocycles. The van der Waals surface area contributed by atoms with Crippen molar-refractivity contribution in [1.82, 2.24) is 14.7 Å². The average molecular weight is 341 g/mol. The molecule has 132 valence electrons. The number of carbonyl (C=O) groups is 1. The summed E-state index contributed by atoms with van der Waals surface area (Å²) in [7, 11) is 0. The minimum absolute atomic E-state index is 0.0407. The summed E-state index contributed by atoms with van der Waals surface area (Å²) in [5.41, 5.74) is 1.33. The van der Waals surface area contributed by atoms with Crippen molar-refractivity contribution in [1.29, 1.82) is 0 Å². The number of aromatic nitrogens is 2. The molecule has 25 heavy (non-hydrogen) atoms. The summed E-state index contributed by atoms with van der Waals surface area (Å²) >= 11 is 0. The van der Waals surface area contributed by atoms with E-state index in [0.29, 0.717) is 31.3 Å². The molecule has 1 aliphatic rings. The van der Waals surface area contributed by atoms with Crippen molar-refractivity contribution in [3.05, 3.63) is 52.8 Å². The van der Waals surface area contributed by atoms with E-state index in [1.54, 1.807) is 11.0 Å². The molecule has 0 bridgehead atoms. The maximum atomic E-state index is 12.6. The third kappa shape index (κ3) is 4.33. The van der Waals surface area contributed by atoms with Crippen molar-refractivity contribution in [2.45, 2.75) is 19.9 Å². The molecule has 6 nitrogen and oxygen atoms in total. The van der Waals surface area contributed by atoms with E-state index in [2.05, 4.69) is 5.10 Å². The lowest BCUT2D eigenvalue weighted by Crippen LogP contribution is -2.40. The summed E-state index contributed by atoms with van der Waals surface area (Å²) < 4.78 is 6.63. The third-order valence-corrected chi connectivity index (χ3v) is 4.46. The standard InChI is InChI=1S/C19H23N3O3/c1-2-21(12-15-10-11-25-14-15)19(24)13-22-18(23)9-8-17(20-22)16-6-4-3-5-7-16/h3-9,15H,2,10-14H2,1H3/t15-/m0/s1. The van der Waals surface area contributed by atoms with Gasteiger partial charge in [0.25, 0.3) is 5.56 Å². The Morgan fingerprint density at radius 2 is 2.08 bits per heavy atom. The molecule has 1 saturated heterocycles. The van der Waals surface area contributed by atoms with Crippen LogP contribution >= 0.6 is 0 Å². The molecule has 1 aromatic heterocycles. The van der Waals surface area contributed by atoms with Crippen LogP contribution in [-0.4, -0.2) is 46.9 Å². The number of nitrogens with zero attached hydrogens (tertiary/aromatic N) is 3. The van der Waals surface area contributed by atoms with Crippen LogP contribution < -0.4 is 5.56 Å². The summed E-state index contributed by atoms with van der Waals surface area (Å²) in [6, 6.07) is 12.8. The predicted octanol–water partition coefficient (Wildman–Crippen LogP) is 1.80. The van der Waals surface area contributed by atoms with E-state index in [1.807, 2.05) is 37.3 Å². The molecule has 0 spiro atoms. The van der Waals surface area contributed by atoms with Crippen LogP contribution in [0.15, 0.2) is 47.3 Å². The van der Waals surface area contributed by atoms with Crippen molar-refractivity contribution in [3.8, 4) is 11.3 Å². The van der Waals surface area contributed by atoms with Crippen molar-refractivity contribution >= 4 is 5.91 Å². The van der Waals surface area contributed by atoms with E-state index >= 15 is 0 Å². The SMILES string of the molecule is CCN(C[C@@H]1CCOC1)C(=O)Cn1nc(-c2ccccc2)ccc1=O. The topological polar surface area (TPSA) is 64.4 Å². The second-order valence-electron chi connectivity index (χ2n) is 6.24. The fourth-order valence-electron chi connectivity index (χ4n) is 3.00. The summed E-state index contributed by atoms with van der Waals surface area (Å²) in [6.07, 6.45) is 0.978. The van der Waals surface area contributed by atoms with E-state index in [1.165, 1.54) is 10.7 Å². The number of carbonyl (C=O) groups excluding carboxylic acids is 1. The van der Waals surface area contributed by atoms with Crippen molar-refractivity contribution in [2.24, 2.45) is 5.92 Å². The Labute approximate surface area is 147 Å². The van der Waals surface area contributed by atoms with Crippen LogP contribution in [0.4, 0.5) is 0 Å². The molecule has 0 radical (unpaired) electrons. The molecule has 6 heteroatoms. The van der Waals surface area contributed by atoms with Gasteiger partial charge in [-0.3, -0.25) is 9.59 Å². The smallest absolute Gasteiger partial charge is 0.267 e. The largest absolute Gasteiger partial charge is 0.381 e. The molecular weight excluding hydrogens is 318 g/mol. The Morgan fingerprint density at radius 1 is 1.28 bits per heavy atom. The number of hydrogen-bond acceptors (Lipinski definition) is 4. The van der Waals surface area contributed by atoms with E-state index in [0.717, 1.165) is 18.6 Å². The van der Waals surface area contributed by atoms with Crippen LogP contribution in [0.25, 0.3) is 11.3 Å². The van der Waals surface area contributed by atoms with Crippen LogP contribution in [0.3, 0.4) is 0 Å². The van der Waals surface area contributed by atoms with Gasteiger partial charge < -0.3 is 9.64 Å². The highest BCUT2D eigenvalue weighted by molar-refractivity contribution is 5.76. The molecule has 1 fully saturated rings. The van der Waals surface area contributed by atoms with E-state index in [9.17, 15) is 9.59 Å². The van der Waals surface area contributed by atoms with Gasteiger partial charge in [-0.2, -0.15) is 5.10 Å². The van der Waals surface area contributed by atoms with E-state index in [-0.39, 0.29) is 18.0 Å². The van der Waals surface area contributed by atoms with Crippen LogP contribution in [0.2, 0.25) is 0 Å². The number of benzene rings is 1. The van der Waals surface area contributed by atoms with Crippen LogP contribution in [0.1, 0.15) is 13.3 Å². The molecule has 2 aromatic rings. The van der Waals surface area contributed by atoms with Gasteiger partial charge in [-0.25, -0.2) is 4.68 Å². The highest BCUT2D eigenvalue weighted by Gasteiger charge is 2.22. The zero-order valence-corrected chi connectivity index (χ0v) is 14.4. The van der Waals surface area contributed by atoms with Gasteiger partial charge in [0, 0.05) is 37.2 Å². The summed E-state index contributed by atoms with van der Waals surface area (Å²) in [4.78, 5) is 26.5. The number of ether oxygens (including phenoxy) is 1. The molecule has 0 N–H and O–H groups in total. The van der Waals surface area contributed by atoms with Gasteiger partial charge in [0.05, 0.1) is 12.3 Å². The van der Waals surface area contributed by atoms with Gasteiger partial charge in [0.1, 0.15) is 6.54 Å². The predicted molar refractivity (Wildman–Crippen MR) is 95.1 cm³/mol. The van der Waals surface area contributed by atoms with Gasteiger partial charge in [0.15, 0.2) is 0 Å². The quantitative estimate of drug-likeness (QED) is 0.804. The Hall–Kier alpha value is -2.47. The fraction of sp³-hybridized carbons (Fsp3) is 0.421. The highest BCUT2D eigenvalue weighted by Crippen LogP contribution is 2.15. The number of rotatable bonds is 6. The van der Waals surface area contributed by atoms with Gasteiger partial charge in [-0.05, 0) is 19.4 Å². The summed E-state index contributed by atoms with van der Waals surface area (Å²) in [5, 5.41) is 4.36. The van der Waals surface area contributed by atoms with Crippen LogP contribution in [0, 0.1) is 5.92 Å². The summed E-state index contributed by atoms with van der Waals surface area (Å²) in [6.45, 7) is 4.65. The normalized spacial score (nSPS) is 16.8. The molecule has 0 saturated carbocycles. The maximum Gasteiger partial charge on any atom is 0.267 e. The second kappa shape index (κ2) is 8.07. The molecule has 1 amide bonds. The minimum Gasteiger partial charge on any atom is -0.381 e. The lowest BCUT2D eigenvalue weighted by atomic mass is 10.1. The van der Waals surface area contributed by atoms with Gasteiger partial charge in [-0.15, -0.1) is 0 Å². The maximum absolute atomic E-state index is 12.6. The first-order chi connectivity index (χ1) is 12.2. The molecule has 1 atom stereocenters. The average Bonchev–Trinajstić information content (AvgIpc) is 3.15. The third-order valence-electron chi connectivity index (χ3n) is 4.46. The highest BCUT2D eigenvalue weighted by atomic mass is 16.5. The Bertz CT molecular complexity index is 767. The lowest BCUT2D eigenvalue weighted by Gasteiger charge is -2.23. The Morgan fingerprint density at radius 3 is 2.76 bits per heavy atom. The second-order valence-corrected chi connectivity index (χ2v) is 6.24. The first-order valence-electron chi connectivity index (χ1n) is 8.66. The molecule has 3 rings (SSSR count). The van der Waals surface area contributed by atoms with E-state index in [4.69, 9.17) is 4.74 Å². The Kier molecular flexibility index (Phi) is 5.60. The van der Waals surface area contributed by atoms with Crippen LogP contribution in [-0.2, 0) is 16.1 Å². The van der Waals surface area contributed by atoms with Crippen LogP contribution in [0.5, 0.6) is 0 Å². The lowest BCUT2D eigenvalue weighted by molar-refractivity contribution is -0.132. The Balaban J connectivity index is 1.74. The molecule has 1 aromatic carbocycles. The number of likely N-dealkylation sites (N-methyl/N-ethyl adjacent to an activating group) is 1. The van der Waals surface area contributed by atoms with Crippen molar-refractivity contribution < 1.29 is 9.53 Å². The van der Waals surface area contributed by atoms with Gasteiger partial charge in [-0.1, -0.05) is 30.3 Å². The molecule has 0 aliphatic carbocycles. The monoisotopic (exact) mass is 341 g/mol. The number of amides is 1. The molecule has 1 aliphatic heterocycles. The van der Waals surface area contributed by atoms with E-state index < -0.39 is 0 Å². The molecular formula is C19H23N3O3. The van der Waals surface area contributed by atoms with Crippen molar-refractivity contribution in [3.63, 3.8) is 0 Å². The zero-order valence-electron chi connectivity index (χ0n) is 14.4. The fourth-order valence-corrected chi connectivity index (χ4v) is 3.00. The zero-order chi connectivity index (χ0) is 17.6. The van der Waals surface area contributed by atoms with Gasteiger partial charge in [0.2, 0.25) is 5.91 Å². The molecule has 0 unspecified atom stereocenters. The first kappa shape index (κ1) is 17.4. The number of hydrogen-bond donors (Lipinski definition) is 0. The summed E-state index contributed by atoms with van der Waals surface area (Å²) in [5.74, 6) is 0.290. The van der Waals surface area contributed by atoms with Crippen molar-refractivity contribution in [2.75, 3.05) is 26.3 Å². The first-order valence-corrected chi connectivity index (χ1v) is 8.66. The minimum atomic E-state index is -0.270.